The van der Waals surface area contributed by atoms with E-state index in [1.54, 1.807) is 32.2 Å². The van der Waals surface area contributed by atoms with Crippen LogP contribution in [0.1, 0.15) is 16.8 Å². The number of hydrazone groups is 1. The summed E-state index contributed by atoms with van der Waals surface area (Å²) < 4.78 is 10.3. The van der Waals surface area contributed by atoms with Gasteiger partial charge in [-0.2, -0.15) is 5.10 Å². The zero-order valence-electron chi connectivity index (χ0n) is 13.1. The lowest BCUT2D eigenvalue weighted by atomic mass is 10.2. The van der Waals surface area contributed by atoms with Crippen molar-refractivity contribution in [3.63, 3.8) is 0 Å². The number of nitrogens with one attached hydrogen (secondary N) is 3. The number of ether oxygens (including phenoxy) is 2. The monoisotopic (exact) mass is 318 g/mol. The van der Waals surface area contributed by atoms with E-state index in [2.05, 4.69) is 20.7 Å². The summed E-state index contributed by atoms with van der Waals surface area (Å²) in [6.45, 7) is 1.72. The Morgan fingerprint density at radius 1 is 1.26 bits per heavy atom. The summed E-state index contributed by atoms with van der Waals surface area (Å²) in [5.74, 6) is 0.794. The van der Waals surface area contributed by atoms with Crippen LogP contribution in [0.25, 0.3) is 0 Å². The van der Waals surface area contributed by atoms with Crippen LogP contribution in [0.4, 0.5) is 0 Å². The van der Waals surface area contributed by atoms with Gasteiger partial charge >= 0.3 is 0 Å². The van der Waals surface area contributed by atoms with Gasteiger partial charge in [0.15, 0.2) is 11.5 Å². The molecule has 0 atom stereocenters. The minimum Gasteiger partial charge on any atom is -0.493 e. The maximum Gasteiger partial charge on any atom is 0.267 e. The Kier molecular flexibility index (Phi) is 5.19. The van der Waals surface area contributed by atoms with E-state index in [4.69, 9.17) is 9.47 Å². The second-order valence-electron chi connectivity index (χ2n) is 4.77. The smallest absolute Gasteiger partial charge is 0.267 e. The average Bonchev–Trinajstić information content (AvgIpc) is 2.86. The molecule has 0 radical (unpaired) electrons. The van der Waals surface area contributed by atoms with Crippen LogP contribution in [-0.2, 0) is 11.2 Å². The van der Waals surface area contributed by atoms with Crippen molar-refractivity contribution in [1.82, 2.24) is 15.6 Å². The average molecular weight is 318 g/mol. The number of carbonyl (C=O) groups is 1. The molecule has 3 N–H and O–H groups in total. The van der Waals surface area contributed by atoms with Crippen LogP contribution in [0.5, 0.6) is 11.5 Å². The third kappa shape index (κ3) is 4.00. The maximum absolute atomic E-state index is 11.8. The molecule has 0 saturated heterocycles. The van der Waals surface area contributed by atoms with Gasteiger partial charge in [0.05, 0.1) is 26.9 Å². The Hall–Kier alpha value is -3.03. The topological polar surface area (TPSA) is 109 Å². The number of nitrogens with zero attached hydrogens (tertiary/aromatic N) is 1. The fourth-order valence-electron chi connectivity index (χ4n) is 2.00. The fourth-order valence-corrected chi connectivity index (χ4v) is 2.00. The zero-order valence-corrected chi connectivity index (χ0v) is 13.1. The van der Waals surface area contributed by atoms with Crippen LogP contribution in [0.2, 0.25) is 0 Å². The largest absolute Gasteiger partial charge is 0.493 e. The fraction of sp³-hybridized carbons (Fsp3) is 0.267. The Morgan fingerprint density at radius 3 is 2.61 bits per heavy atom. The number of amides is 1. The summed E-state index contributed by atoms with van der Waals surface area (Å²) in [6, 6.07) is 5.25. The summed E-state index contributed by atoms with van der Waals surface area (Å²) in [4.78, 5) is 23.3. The van der Waals surface area contributed by atoms with Gasteiger partial charge in [-0.25, -0.2) is 5.43 Å². The van der Waals surface area contributed by atoms with Crippen molar-refractivity contribution in [1.29, 1.82) is 0 Å². The molecule has 1 heterocycles. The third-order valence-corrected chi connectivity index (χ3v) is 3.24. The number of hydrogen-bond acceptors (Lipinski definition) is 5. The SMILES string of the molecule is COc1ccc(/C=N/NC(=O)Cc2c(C)[nH][nH]c2=O)cc1OC. The highest BCUT2D eigenvalue weighted by atomic mass is 16.5. The molecule has 0 spiro atoms. The van der Waals surface area contributed by atoms with Crippen LogP contribution in [0, 0.1) is 6.92 Å². The van der Waals surface area contributed by atoms with Crippen molar-refractivity contribution in [2.45, 2.75) is 13.3 Å². The van der Waals surface area contributed by atoms with E-state index < -0.39 is 0 Å². The number of carbonyl (C=O) groups excluding carboxylic acids is 1. The molecule has 8 heteroatoms. The maximum atomic E-state index is 11.8. The van der Waals surface area contributed by atoms with Crippen molar-refractivity contribution in [3.05, 3.63) is 45.4 Å². The van der Waals surface area contributed by atoms with Gasteiger partial charge in [0.25, 0.3) is 5.56 Å². The standard InChI is InChI=1S/C15H18N4O4/c1-9-11(15(21)19-17-9)7-14(20)18-16-8-10-4-5-12(22-2)13(6-10)23-3/h4-6,8H,7H2,1-3H3,(H,18,20)(H2,17,19,21)/b16-8+. The summed E-state index contributed by atoms with van der Waals surface area (Å²) in [7, 11) is 3.09. The highest BCUT2D eigenvalue weighted by Crippen LogP contribution is 2.26. The number of aryl methyl sites for hydroxylation is 1. The minimum atomic E-state index is -0.380. The number of H-pyrrole nitrogens is 2. The molecule has 122 valence electrons. The lowest BCUT2D eigenvalue weighted by Crippen LogP contribution is -2.23. The molecule has 2 rings (SSSR count). The van der Waals surface area contributed by atoms with E-state index in [1.165, 1.54) is 13.3 Å². The van der Waals surface area contributed by atoms with Crippen LogP contribution >= 0.6 is 0 Å². The van der Waals surface area contributed by atoms with Gasteiger partial charge in [-0.15, -0.1) is 0 Å². The molecule has 0 saturated carbocycles. The van der Waals surface area contributed by atoms with Gasteiger partial charge in [-0.1, -0.05) is 0 Å². The number of aromatic nitrogens is 2. The molecule has 0 aliphatic heterocycles. The number of hydrogen-bond donors (Lipinski definition) is 3. The first kappa shape index (κ1) is 16.3. The van der Waals surface area contributed by atoms with Gasteiger partial charge in [0.2, 0.25) is 5.91 Å². The summed E-state index contributed by atoms with van der Waals surface area (Å²) in [5, 5.41) is 8.96. The molecular weight excluding hydrogens is 300 g/mol. The van der Waals surface area contributed by atoms with Crippen LogP contribution in [0.3, 0.4) is 0 Å². The van der Waals surface area contributed by atoms with Crippen LogP contribution in [-0.4, -0.2) is 36.5 Å². The highest BCUT2D eigenvalue weighted by Gasteiger charge is 2.10. The van der Waals surface area contributed by atoms with E-state index in [0.717, 1.165) is 5.56 Å². The first-order valence-electron chi connectivity index (χ1n) is 6.85. The lowest BCUT2D eigenvalue weighted by Gasteiger charge is -2.07. The summed E-state index contributed by atoms with van der Waals surface area (Å²) in [5.41, 5.74) is 3.84. The second kappa shape index (κ2) is 7.30. The predicted molar refractivity (Wildman–Crippen MR) is 85.1 cm³/mol. The summed E-state index contributed by atoms with van der Waals surface area (Å²) in [6.07, 6.45) is 1.43. The number of benzene rings is 1. The molecule has 0 aliphatic rings. The van der Waals surface area contributed by atoms with Crippen molar-refractivity contribution >= 4 is 12.1 Å². The molecule has 0 fully saturated rings. The Labute approximate surface area is 132 Å². The van der Waals surface area contributed by atoms with Gasteiger partial charge in [-0.05, 0) is 30.7 Å². The molecule has 1 aromatic carbocycles. The van der Waals surface area contributed by atoms with E-state index in [1.807, 2.05) is 0 Å². The predicted octanol–water partition coefficient (Wildman–Crippen LogP) is 0.721. The lowest BCUT2D eigenvalue weighted by molar-refractivity contribution is -0.120. The molecular formula is C15H18N4O4. The first-order valence-corrected chi connectivity index (χ1v) is 6.85. The first-order chi connectivity index (χ1) is 11.0. The van der Waals surface area contributed by atoms with E-state index in [9.17, 15) is 9.59 Å². The van der Waals surface area contributed by atoms with Crippen molar-refractivity contribution in [2.75, 3.05) is 14.2 Å². The van der Waals surface area contributed by atoms with E-state index in [-0.39, 0.29) is 17.9 Å². The molecule has 1 amide bonds. The quantitative estimate of drug-likeness (QED) is 0.538. The molecule has 0 aliphatic carbocycles. The van der Waals surface area contributed by atoms with Gasteiger partial charge < -0.3 is 14.6 Å². The molecule has 23 heavy (non-hydrogen) atoms. The number of rotatable bonds is 6. The molecule has 1 aromatic heterocycles. The molecule has 8 nitrogen and oxygen atoms in total. The van der Waals surface area contributed by atoms with Crippen molar-refractivity contribution < 1.29 is 14.3 Å². The Bertz CT molecular complexity index is 776. The van der Waals surface area contributed by atoms with Gasteiger partial charge in [0.1, 0.15) is 0 Å². The molecule has 0 bridgehead atoms. The van der Waals surface area contributed by atoms with E-state index in [0.29, 0.717) is 22.8 Å². The van der Waals surface area contributed by atoms with Gasteiger partial charge in [-0.3, -0.25) is 14.7 Å². The normalized spacial score (nSPS) is 10.7. The molecule has 2 aromatic rings. The third-order valence-electron chi connectivity index (χ3n) is 3.24. The number of methoxy groups -OCH3 is 2. The van der Waals surface area contributed by atoms with E-state index >= 15 is 0 Å². The second-order valence-corrected chi connectivity index (χ2v) is 4.77. The van der Waals surface area contributed by atoms with Crippen LogP contribution < -0.4 is 20.5 Å². The Balaban J connectivity index is 1.99. The van der Waals surface area contributed by atoms with Crippen molar-refractivity contribution in [2.24, 2.45) is 5.10 Å². The minimum absolute atomic E-state index is 0.0477. The van der Waals surface area contributed by atoms with Crippen molar-refractivity contribution in [3.8, 4) is 11.5 Å². The number of aromatic amines is 2. The van der Waals surface area contributed by atoms with Gasteiger partial charge in [0, 0.05) is 11.3 Å². The Morgan fingerprint density at radius 2 is 2.00 bits per heavy atom. The zero-order chi connectivity index (χ0) is 16.8. The highest BCUT2D eigenvalue weighted by molar-refractivity contribution is 5.84. The summed E-state index contributed by atoms with van der Waals surface area (Å²) >= 11 is 0. The molecule has 0 unspecified atom stereocenters. The van der Waals surface area contributed by atoms with Crippen LogP contribution in [0.15, 0.2) is 28.1 Å².